The molecule has 0 bridgehead atoms. The zero-order valence-electron chi connectivity index (χ0n) is 4.15. The van der Waals surface area contributed by atoms with Crippen molar-refractivity contribution < 1.29 is 4.79 Å². The highest BCUT2D eigenvalue weighted by atomic mass is 127. The number of carbonyl (C=O) groups is 1. The maximum absolute atomic E-state index is 10.1. The Morgan fingerprint density at radius 2 is 2.43 bits per heavy atom. The molecule has 0 radical (unpaired) electrons. The van der Waals surface area contributed by atoms with E-state index in [0.717, 1.165) is 6.42 Å². The van der Waals surface area contributed by atoms with Crippen molar-refractivity contribution in [3.63, 3.8) is 0 Å². The van der Waals surface area contributed by atoms with Crippen LogP contribution in [0.3, 0.4) is 0 Å². The SMILES string of the molecule is CC/C=C\C(=O)I. The summed E-state index contributed by atoms with van der Waals surface area (Å²) in [5, 5.41) is 0. The molecule has 0 spiro atoms. The highest BCUT2D eigenvalue weighted by Gasteiger charge is 1.78. The van der Waals surface area contributed by atoms with Crippen LogP contribution in [0.5, 0.6) is 0 Å². The zero-order chi connectivity index (χ0) is 5.70. The molecule has 0 aliphatic carbocycles. The molecule has 0 fully saturated rings. The Morgan fingerprint density at radius 1 is 1.86 bits per heavy atom. The Balaban J connectivity index is 3.26. The first-order valence-electron chi connectivity index (χ1n) is 2.13. The third-order valence-electron chi connectivity index (χ3n) is 0.485. The number of allylic oxidation sites excluding steroid dienone is 2. The van der Waals surface area contributed by atoms with Crippen molar-refractivity contribution in [2.75, 3.05) is 0 Å². The van der Waals surface area contributed by atoms with Crippen molar-refractivity contribution in [3.8, 4) is 0 Å². The van der Waals surface area contributed by atoms with Crippen LogP contribution < -0.4 is 0 Å². The summed E-state index contributed by atoms with van der Waals surface area (Å²) in [5.41, 5.74) is 0. The van der Waals surface area contributed by atoms with E-state index in [0.29, 0.717) is 0 Å². The molecule has 0 heterocycles. The van der Waals surface area contributed by atoms with Gasteiger partial charge < -0.3 is 0 Å². The van der Waals surface area contributed by atoms with Crippen molar-refractivity contribution in [1.29, 1.82) is 0 Å². The number of rotatable bonds is 2. The van der Waals surface area contributed by atoms with E-state index < -0.39 is 0 Å². The van der Waals surface area contributed by atoms with E-state index >= 15 is 0 Å². The van der Waals surface area contributed by atoms with Gasteiger partial charge in [-0.1, -0.05) is 13.0 Å². The maximum atomic E-state index is 10.1. The van der Waals surface area contributed by atoms with Gasteiger partial charge in [-0.3, -0.25) is 4.79 Å². The van der Waals surface area contributed by atoms with Gasteiger partial charge in [-0.05, 0) is 12.5 Å². The van der Waals surface area contributed by atoms with E-state index in [4.69, 9.17) is 0 Å². The summed E-state index contributed by atoms with van der Waals surface area (Å²) in [6.45, 7) is 2.00. The smallest absolute Gasteiger partial charge is 0.214 e. The van der Waals surface area contributed by atoms with Gasteiger partial charge in [-0.25, -0.2) is 0 Å². The van der Waals surface area contributed by atoms with E-state index in [1.165, 1.54) is 0 Å². The first-order valence-corrected chi connectivity index (χ1v) is 3.21. The molecule has 2 heteroatoms. The Bertz CT molecular complexity index is 86.1. The molecule has 0 rings (SSSR count). The molecule has 0 amide bonds. The Labute approximate surface area is 56.9 Å². The lowest BCUT2D eigenvalue weighted by Crippen LogP contribution is -1.70. The molecule has 7 heavy (non-hydrogen) atoms. The summed E-state index contributed by atoms with van der Waals surface area (Å²) in [6.07, 6.45) is 4.35. The number of hydrogen-bond acceptors (Lipinski definition) is 1. The molecule has 0 N–H and O–H groups in total. The van der Waals surface area contributed by atoms with Gasteiger partial charge in [-0.15, -0.1) is 0 Å². The lowest BCUT2D eigenvalue weighted by atomic mass is 10.4. The van der Waals surface area contributed by atoms with Gasteiger partial charge in [0.25, 0.3) is 0 Å². The van der Waals surface area contributed by atoms with E-state index in [1.54, 1.807) is 28.7 Å². The largest absolute Gasteiger partial charge is 0.283 e. The van der Waals surface area contributed by atoms with E-state index in [1.807, 2.05) is 13.0 Å². The van der Waals surface area contributed by atoms with E-state index in [9.17, 15) is 4.79 Å². The van der Waals surface area contributed by atoms with Gasteiger partial charge in [0.2, 0.25) is 3.79 Å². The van der Waals surface area contributed by atoms with Crippen molar-refractivity contribution >= 4 is 26.4 Å². The van der Waals surface area contributed by atoms with E-state index in [2.05, 4.69) is 0 Å². The van der Waals surface area contributed by atoms with Crippen molar-refractivity contribution in [2.45, 2.75) is 13.3 Å². The molecular weight excluding hydrogens is 203 g/mol. The fraction of sp³-hybridized carbons (Fsp3) is 0.400. The molecule has 0 aromatic carbocycles. The molecule has 0 atom stereocenters. The topological polar surface area (TPSA) is 17.1 Å². The van der Waals surface area contributed by atoms with Crippen LogP contribution in [0.2, 0.25) is 0 Å². The summed E-state index contributed by atoms with van der Waals surface area (Å²) in [4.78, 5) is 10.1. The highest BCUT2D eigenvalue weighted by Crippen LogP contribution is 1.88. The second-order valence-electron chi connectivity index (χ2n) is 1.11. The van der Waals surface area contributed by atoms with Crippen LogP contribution in [0.15, 0.2) is 12.2 Å². The monoisotopic (exact) mass is 210 g/mol. The highest BCUT2D eigenvalue weighted by molar-refractivity contribution is 14.1. The summed E-state index contributed by atoms with van der Waals surface area (Å²) >= 11 is 1.74. The molecule has 0 aromatic rings. The summed E-state index contributed by atoms with van der Waals surface area (Å²) in [5.74, 6) is 0. The minimum Gasteiger partial charge on any atom is -0.283 e. The molecule has 0 unspecified atom stereocenters. The molecule has 0 aliphatic rings. The second-order valence-corrected chi connectivity index (χ2v) is 2.18. The Morgan fingerprint density at radius 3 is 2.57 bits per heavy atom. The molecule has 0 aliphatic heterocycles. The molecule has 1 nitrogen and oxygen atoms in total. The fourth-order valence-corrected chi connectivity index (χ4v) is 0.465. The van der Waals surface area contributed by atoms with Crippen LogP contribution in [-0.4, -0.2) is 3.79 Å². The minimum absolute atomic E-state index is 0.0967. The van der Waals surface area contributed by atoms with Crippen LogP contribution >= 0.6 is 22.6 Å². The van der Waals surface area contributed by atoms with Gasteiger partial charge in [0.15, 0.2) is 0 Å². The maximum Gasteiger partial charge on any atom is 0.214 e. The molecule has 0 aromatic heterocycles. The lowest BCUT2D eigenvalue weighted by Gasteiger charge is -1.72. The normalized spacial score (nSPS) is 10.0. The Kier molecular flexibility index (Phi) is 4.39. The minimum atomic E-state index is 0.0967. The van der Waals surface area contributed by atoms with E-state index in [-0.39, 0.29) is 3.79 Å². The average Bonchev–Trinajstić information content (AvgIpc) is 1.61. The summed E-state index contributed by atoms with van der Waals surface area (Å²) in [6, 6.07) is 0. The van der Waals surface area contributed by atoms with Gasteiger partial charge in [0.1, 0.15) is 0 Å². The Hall–Kier alpha value is 0.140. The van der Waals surface area contributed by atoms with Gasteiger partial charge >= 0.3 is 0 Å². The first kappa shape index (κ1) is 7.14. The fourth-order valence-electron chi connectivity index (χ4n) is 0.211. The molecule has 0 saturated carbocycles. The van der Waals surface area contributed by atoms with Gasteiger partial charge in [0.05, 0.1) is 0 Å². The van der Waals surface area contributed by atoms with Crippen LogP contribution in [0, 0.1) is 0 Å². The van der Waals surface area contributed by atoms with Crippen molar-refractivity contribution in [1.82, 2.24) is 0 Å². The van der Waals surface area contributed by atoms with Crippen LogP contribution in [0.4, 0.5) is 0 Å². The molecule has 40 valence electrons. The zero-order valence-corrected chi connectivity index (χ0v) is 6.31. The van der Waals surface area contributed by atoms with Gasteiger partial charge in [0, 0.05) is 22.6 Å². The first-order chi connectivity index (χ1) is 3.27. The predicted molar refractivity (Wildman–Crippen MR) is 38.5 cm³/mol. The van der Waals surface area contributed by atoms with Crippen LogP contribution in [0.25, 0.3) is 0 Å². The number of hydrogen-bond donors (Lipinski definition) is 0. The van der Waals surface area contributed by atoms with Crippen molar-refractivity contribution in [3.05, 3.63) is 12.2 Å². The van der Waals surface area contributed by atoms with Crippen molar-refractivity contribution in [2.24, 2.45) is 0 Å². The quantitative estimate of drug-likeness (QED) is 0.386. The van der Waals surface area contributed by atoms with Gasteiger partial charge in [-0.2, -0.15) is 0 Å². The van der Waals surface area contributed by atoms with Crippen LogP contribution in [-0.2, 0) is 4.79 Å². The number of carbonyl (C=O) groups excluding carboxylic acids is 1. The predicted octanol–water partition coefficient (Wildman–Crippen LogP) is 1.91. The average molecular weight is 210 g/mol. The molecule has 0 saturated heterocycles. The standard InChI is InChI=1S/C5H7IO/c1-2-3-4-5(6)7/h3-4H,2H2,1H3/b4-3-. The summed E-state index contributed by atoms with van der Waals surface area (Å²) in [7, 11) is 0. The second kappa shape index (κ2) is 4.30. The third-order valence-corrected chi connectivity index (χ3v) is 0.844. The molecular formula is C5H7IO. The third kappa shape index (κ3) is 6.14. The summed E-state index contributed by atoms with van der Waals surface area (Å²) < 4.78 is 0.0967. The van der Waals surface area contributed by atoms with Crippen LogP contribution in [0.1, 0.15) is 13.3 Å². The lowest BCUT2D eigenvalue weighted by molar-refractivity contribution is -0.105. The number of halogens is 1.